The first kappa shape index (κ1) is 15.8. The van der Waals surface area contributed by atoms with Gasteiger partial charge in [0.05, 0.1) is 6.26 Å². The van der Waals surface area contributed by atoms with Gasteiger partial charge in [-0.2, -0.15) is 0 Å². The van der Waals surface area contributed by atoms with Crippen molar-refractivity contribution in [1.82, 2.24) is 0 Å². The van der Waals surface area contributed by atoms with Gasteiger partial charge in [-0.1, -0.05) is 18.2 Å². The van der Waals surface area contributed by atoms with Crippen LogP contribution < -0.4 is 4.74 Å². The van der Waals surface area contributed by atoms with Crippen LogP contribution in [0, 0.1) is 0 Å². The molecule has 0 bridgehead atoms. The number of phenolic OH excluding ortho intramolecular Hbond substituents is 3. The van der Waals surface area contributed by atoms with E-state index in [0.29, 0.717) is 18.6 Å². The van der Waals surface area contributed by atoms with E-state index in [1.807, 2.05) is 19.1 Å². The lowest BCUT2D eigenvalue weighted by atomic mass is 10.0. The maximum absolute atomic E-state index is 9.99. The minimum absolute atomic E-state index is 0.0515. The van der Waals surface area contributed by atoms with E-state index in [4.69, 9.17) is 4.74 Å². The van der Waals surface area contributed by atoms with Crippen LogP contribution in [0.1, 0.15) is 24.5 Å². The van der Waals surface area contributed by atoms with Crippen molar-refractivity contribution in [3.63, 3.8) is 0 Å². The predicted molar refractivity (Wildman–Crippen MR) is 85.3 cm³/mol. The summed E-state index contributed by atoms with van der Waals surface area (Å²) < 4.78 is 5.29. The summed E-state index contributed by atoms with van der Waals surface area (Å²) in [4.78, 5) is 0. The van der Waals surface area contributed by atoms with Gasteiger partial charge >= 0.3 is 0 Å². The molecule has 0 aliphatic carbocycles. The Kier molecular flexibility index (Phi) is 5.31. The lowest BCUT2D eigenvalue weighted by molar-refractivity contribution is 0.444. The molecule has 0 saturated carbocycles. The third-order valence-electron chi connectivity index (χ3n) is 3.36. The van der Waals surface area contributed by atoms with Crippen molar-refractivity contribution in [2.75, 3.05) is 0 Å². The van der Waals surface area contributed by atoms with Gasteiger partial charge < -0.3 is 20.1 Å². The van der Waals surface area contributed by atoms with Gasteiger partial charge in [0.1, 0.15) is 23.0 Å². The van der Waals surface area contributed by atoms with E-state index in [1.54, 1.807) is 30.5 Å². The van der Waals surface area contributed by atoms with Crippen LogP contribution in [0.2, 0.25) is 0 Å². The van der Waals surface area contributed by atoms with Crippen LogP contribution in [0.4, 0.5) is 0 Å². The van der Waals surface area contributed by atoms with Crippen LogP contribution in [0.15, 0.2) is 48.7 Å². The number of allylic oxidation sites excluding steroid dienone is 1. The van der Waals surface area contributed by atoms with Crippen molar-refractivity contribution >= 4 is 0 Å². The molecule has 4 heteroatoms. The van der Waals surface area contributed by atoms with Gasteiger partial charge in [0.2, 0.25) is 0 Å². The van der Waals surface area contributed by atoms with E-state index in [-0.39, 0.29) is 17.2 Å². The zero-order chi connectivity index (χ0) is 15.9. The van der Waals surface area contributed by atoms with E-state index in [9.17, 15) is 15.3 Å². The van der Waals surface area contributed by atoms with Gasteiger partial charge in [-0.3, -0.25) is 0 Å². The van der Waals surface area contributed by atoms with Gasteiger partial charge in [0.25, 0.3) is 0 Å². The largest absolute Gasteiger partial charge is 0.508 e. The molecule has 0 radical (unpaired) electrons. The summed E-state index contributed by atoms with van der Waals surface area (Å²) in [6.45, 7) is 1.85. The number of aryl methyl sites for hydroxylation is 2. The van der Waals surface area contributed by atoms with Crippen LogP contribution in [0.25, 0.3) is 0 Å². The van der Waals surface area contributed by atoms with Crippen molar-refractivity contribution in [3.8, 4) is 23.0 Å². The zero-order valence-electron chi connectivity index (χ0n) is 12.5. The molecular weight excluding hydrogens is 280 g/mol. The second-order valence-electron chi connectivity index (χ2n) is 5.04. The first-order valence-electron chi connectivity index (χ1n) is 7.20. The van der Waals surface area contributed by atoms with Crippen LogP contribution in [0.3, 0.4) is 0 Å². The van der Waals surface area contributed by atoms with Crippen molar-refractivity contribution < 1.29 is 20.1 Å². The number of benzene rings is 2. The molecular formula is C18H20O4. The Morgan fingerprint density at radius 1 is 0.909 bits per heavy atom. The minimum atomic E-state index is 0.0515. The smallest absolute Gasteiger partial charge is 0.130 e. The molecule has 0 amide bonds. The summed E-state index contributed by atoms with van der Waals surface area (Å²) in [5.41, 5.74) is 1.62. The fraction of sp³-hybridized carbons (Fsp3) is 0.222. The highest BCUT2D eigenvalue weighted by Gasteiger charge is 2.06. The van der Waals surface area contributed by atoms with E-state index in [0.717, 1.165) is 17.5 Å². The number of hydrogen-bond acceptors (Lipinski definition) is 4. The van der Waals surface area contributed by atoms with E-state index >= 15 is 0 Å². The van der Waals surface area contributed by atoms with Gasteiger partial charge in [-0.15, -0.1) is 0 Å². The fourth-order valence-electron chi connectivity index (χ4n) is 2.21. The molecule has 2 rings (SSSR count). The van der Waals surface area contributed by atoms with Crippen molar-refractivity contribution in [2.45, 2.75) is 26.2 Å². The maximum atomic E-state index is 9.99. The van der Waals surface area contributed by atoms with Crippen LogP contribution in [-0.2, 0) is 12.8 Å². The molecule has 3 N–H and O–H groups in total. The number of aromatic hydroxyl groups is 3. The van der Waals surface area contributed by atoms with E-state index in [2.05, 4.69) is 0 Å². The van der Waals surface area contributed by atoms with Gasteiger partial charge in [-0.25, -0.2) is 0 Å². The summed E-state index contributed by atoms with van der Waals surface area (Å²) in [7, 11) is 0. The predicted octanol–water partition coefficient (Wildman–Crippen LogP) is 3.89. The van der Waals surface area contributed by atoms with Crippen LogP contribution in [0.5, 0.6) is 23.0 Å². The van der Waals surface area contributed by atoms with Crippen LogP contribution >= 0.6 is 0 Å². The number of rotatable bonds is 6. The summed E-state index contributed by atoms with van der Waals surface area (Å²) in [6.07, 6.45) is 5.47. The highest BCUT2D eigenvalue weighted by Crippen LogP contribution is 2.27. The highest BCUT2D eigenvalue weighted by molar-refractivity contribution is 5.41. The molecule has 116 valence electrons. The Morgan fingerprint density at radius 2 is 1.55 bits per heavy atom. The topological polar surface area (TPSA) is 69.9 Å². The Balaban J connectivity index is 1.94. The van der Waals surface area contributed by atoms with Crippen LogP contribution in [-0.4, -0.2) is 15.3 Å². The Morgan fingerprint density at radius 3 is 2.14 bits per heavy atom. The van der Waals surface area contributed by atoms with E-state index < -0.39 is 0 Å². The standard InChI is InChI=1S/C18H20O4/c1-2-10-22-16-9-7-14(18(21)12-16)5-3-4-13-6-8-15(19)11-17(13)20/h2,6-12,19-21H,3-5H2,1H3. The molecule has 0 saturated heterocycles. The lowest BCUT2D eigenvalue weighted by Gasteiger charge is -2.08. The zero-order valence-corrected chi connectivity index (χ0v) is 12.5. The second kappa shape index (κ2) is 7.41. The average Bonchev–Trinajstić information content (AvgIpc) is 2.49. The van der Waals surface area contributed by atoms with E-state index in [1.165, 1.54) is 6.07 Å². The maximum Gasteiger partial charge on any atom is 0.130 e. The first-order valence-corrected chi connectivity index (χ1v) is 7.20. The normalized spacial score (nSPS) is 11.0. The second-order valence-corrected chi connectivity index (χ2v) is 5.04. The fourth-order valence-corrected chi connectivity index (χ4v) is 2.21. The Hall–Kier alpha value is -2.62. The minimum Gasteiger partial charge on any atom is -0.508 e. The summed E-state index contributed by atoms with van der Waals surface area (Å²) in [6, 6.07) is 9.84. The average molecular weight is 300 g/mol. The molecule has 0 unspecified atom stereocenters. The Labute approximate surface area is 129 Å². The number of phenols is 3. The summed E-state index contributed by atoms with van der Waals surface area (Å²) in [5.74, 6) is 0.947. The molecule has 2 aromatic rings. The third kappa shape index (κ3) is 4.19. The quantitative estimate of drug-likeness (QED) is 0.708. The highest BCUT2D eigenvalue weighted by atomic mass is 16.5. The van der Waals surface area contributed by atoms with Crippen molar-refractivity contribution in [2.24, 2.45) is 0 Å². The van der Waals surface area contributed by atoms with Crippen molar-refractivity contribution in [3.05, 3.63) is 59.9 Å². The molecule has 22 heavy (non-hydrogen) atoms. The molecule has 0 fully saturated rings. The molecule has 0 aliphatic rings. The van der Waals surface area contributed by atoms with Gasteiger partial charge in [0, 0.05) is 12.1 Å². The molecule has 2 aromatic carbocycles. The van der Waals surface area contributed by atoms with Crippen molar-refractivity contribution in [1.29, 1.82) is 0 Å². The number of ether oxygens (including phenoxy) is 1. The molecule has 4 nitrogen and oxygen atoms in total. The lowest BCUT2D eigenvalue weighted by Crippen LogP contribution is -1.92. The molecule has 0 aromatic heterocycles. The van der Waals surface area contributed by atoms with Gasteiger partial charge in [-0.05, 0) is 49.4 Å². The first-order chi connectivity index (χ1) is 10.6. The summed E-state index contributed by atoms with van der Waals surface area (Å²) in [5, 5.41) is 29.0. The molecule has 0 atom stereocenters. The Bertz CT molecular complexity index is 662. The summed E-state index contributed by atoms with van der Waals surface area (Å²) >= 11 is 0. The monoisotopic (exact) mass is 300 g/mol. The molecule has 0 spiro atoms. The molecule has 0 heterocycles. The number of hydrogen-bond donors (Lipinski definition) is 3. The van der Waals surface area contributed by atoms with Gasteiger partial charge in [0.15, 0.2) is 0 Å². The third-order valence-corrected chi connectivity index (χ3v) is 3.36. The SMILES string of the molecule is CC=COc1ccc(CCCc2ccc(O)cc2O)c(O)c1. The molecule has 0 aliphatic heterocycles.